The van der Waals surface area contributed by atoms with E-state index in [1.807, 2.05) is 105 Å². The van der Waals surface area contributed by atoms with Gasteiger partial charge in [0.15, 0.2) is 0 Å². The first-order valence-electron chi connectivity index (χ1n) is 15.6. The van der Waals surface area contributed by atoms with Crippen LogP contribution in [0.2, 0.25) is 0 Å². The molecule has 252 valence electrons. The fourth-order valence-electron chi connectivity index (χ4n) is 6.20. The van der Waals surface area contributed by atoms with Crippen molar-refractivity contribution in [2.75, 3.05) is 0 Å². The number of carbonyl (C=O) groups excluding carboxylic acids is 1. The lowest BCUT2D eigenvalue weighted by Gasteiger charge is -2.03. The first-order valence-corrected chi connectivity index (χ1v) is 15.6. The Balaban J connectivity index is 0.000000157. The van der Waals surface area contributed by atoms with Crippen molar-refractivity contribution >= 4 is 22.9 Å². The Morgan fingerprint density at radius 3 is 1.50 bits per heavy atom. The molecule has 3 N–H and O–H groups in total. The van der Waals surface area contributed by atoms with E-state index in [0.717, 1.165) is 67.2 Å². The van der Waals surface area contributed by atoms with Crippen LogP contribution >= 0.6 is 0 Å². The minimum absolute atomic E-state index is 0.127. The van der Waals surface area contributed by atoms with Crippen LogP contribution in [0.25, 0.3) is 55.9 Å². The van der Waals surface area contributed by atoms with Gasteiger partial charge in [-0.1, -0.05) is 0 Å². The van der Waals surface area contributed by atoms with Crippen LogP contribution in [-0.2, 0) is 14.1 Å². The van der Waals surface area contributed by atoms with Crippen molar-refractivity contribution in [2.24, 2.45) is 19.8 Å². The summed E-state index contributed by atoms with van der Waals surface area (Å²) in [5.41, 5.74) is 17.4. The van der Waals surface area contributed by atoms with Crippen molar-refractivity contribution in [3.05, 3.63) is 108 Å². The molecule has 0 saturated carbocycles. The molecule has 0 aromatic carbocycles. The number of fused-ring (bicyclic) bond motifs is 2. The lowest BCUT2D eigenvalue weighted by Crippen LogP contribution is -2.09. The topological polar surface area (TPSA) is 177 Å². The van der Waals surface area contributed by atoms with Gasteiger partial charge in [0.1, 0.15) is 24.0 Å². The van der Waals surface area contributed by atoms with Gasteiger partial charge >= 0.3 is 5.97 Å². The second-order valence-corrected chi connectivity index (χ2v) is 12.0. The second kappa shape index (κ2) is 12.1. The van der Waals surface area contributed by atoms with Gasteiger partial charge in [0.2, 0.25) is 0 Å². The molecule has 8 aromatic rings. The molecule has 14 heteroatoms. The standard InChI is InChI=1S/C18H17N5O2.C18H16N4O3/c1-10-17(11(2)22(3)21-10)14-8-20-23-5-4-12(6-15(14)23)16-7-13(9-25-16)18(19)24;1-10-17(11(2)21(3)20-10)14-8-19-22-5-4-12(6-15(14)22)16-7-13(9-25-16)18(23)24/h4-9H,1-3H3,(H2,19,24);4-9H,1-3H3,(H,23,24). The van der Waals surface area contributed by atoms with Gasteiger partial charge in [-0.25, -0.2) is 13.8 Å². The molecule has 0 bridgehead atoms. The number of carbonyl (C=O) groups is 2. The maximum atomic E-state index is 11.3. The number of hydrogen-bond acceptors (Lipinski definition) is 8. The Morgan fingerprint density at radius 1 is 0.700 bits per heavy atom. The number of aromatic carboxylic acids is 1. The first-order chi connectivity index (χ1) is 23.9. The van der Waals surface area contributed by atoms with Crippen LogP contribution in [0.1, 0.15) is 43.5 Å². The third-order valence-corrected chi connectivity index (χ3v) is 8.90. The molecule has 8 aromatic heterocycles. The minimum atomic E-state index is -1.01. The number of aromatic nitrogens is 8. The maximum Gasteiger partial charge on any atom is 0.338 e. The van der Waals surface area contributed by atoms with Crippen LogP contribution in [0.5, 0.6) is 0 Å². The average Bonchev–Trinajstić information content (AvgIpc) is 3.94. The van der Waals surface area contributed by atoms with Crippen LogP contribution in [0.3, 0.4) is 0 Å². The molecule has 0 atom stereocenters. The largest absolute Gasteiger partial charge is 0.478 e. The number of furan rings is 2. The summed E-state index contributed by atoms with van der Waals surface area (Å²) in [4.78, 5) is 22.3. The van der Waals surface area contributed by atoms with Crippen molar-refractivity contribution in [2.45, 2.75) is 27.7 Å². The van der Waals surface area contributed by atoms with E-state index in [4.69, 9.17) is 19.7 Å². The number of nitrogens with two attached hydrogens (primary N) is 1. The molecule has 14 nitrogen and oxygen atoms in total. The van der Waals surface area contributed by atoms with Gasteiger partial charge in [-0.05, 0) is 64.1 Å². The Hall–Kier alpha value is -6.70. The highest BCUT2D eigenvalue weighted by atomic mass is 16.4. The fourth-order valence-corrected chi connectivity index (χ4v) is 6.20. The van der Waals surface area contributed by atoms with Crippen molar-refractivity contribution < 1.29 is 23.5 Å². The summed E-state index contributed by atoms with van der Waals surface area (Å²) in [5, 5.41) is 26.9. The summed E-state index contributed by atoms with van der Waals surface area (Å²) < 4.78 is 18.2. The van der Waals surface area contributed by atoms with E-state index >= 15 is 0 Å². The molecule has 0 aliphatic carbocycles. The molecule has 0 radical (unpaired) electrons. The van der Waals surface area contributed by atoms with Gasteiger partial charge in [0.25, 0.3) is 5.91 Å². The number of nitrogens with zero attached hydrogens (tertiary/aromatic N) is 8. The van der Waals surface area contributed by atoms with Gasteiger partial charge in [-0.3, -0.25) is 14.2 Å². The quantitative estimate of drug-likeness (QED) is 0.214. The third kappa shape index (κ3) is 5.41. The molecule has 0 fully saturated rings. The number of carboxylic acids is 1. The highest BCUT2D eigenvalue weighted by Gasteiger charge is 2.19. The first kappa shape index (κ1) is 31.9. The van der Waals surface area contributed by atoms with E-state index in [0.29, 0.717) is 17.1 Å². The minimum Gasteiger partial charge on any atom is -0.478 e. The van der Waals surface area contributed by atoms with Crippen LogP contribution in [0.4, 0.5) is 0 Å². The van der Waals surface area contributed by atoms with E-state index < -0.39 is 11.9 Å². The highest BCUT2D eigenvalue weighted by molar-refractivity contribution is 5.94. The summed E-state index contributed by atoms with van der Waals surface area (Å²) in [6.45, 7) is 8.02. The second-order valence-electron chi connectivity index (χ2n) is 12.0. The summed E-state index contributed by atoms with van der Waals surface area (Å²) in [7, 11) is 3.84. The average molecular weight is 672 g/mol. The van der Waals surface area contributed by atoms with Gasteiger partial charge in [-0.2, -0.15) is 20.4 Å². The zero-order valence-electron chi connectivity index (χ0n) is 28.2. The smallest absolute Gasteiger partial charge is 0.338 e. The Morgan fingerprint density at radius 2 is 1.14 bits per heavy atom. The van der Waals surface area contributed by atoms with Crippen molar-refractivity contribution in [1.29, 1.82) is 0 Å². The third-order valence-electron chi connectivity index (χ3n) is 8.90. The lowest BCUT2D eigenvalue weighted by atomic mass is 10.0. The monoisotopic (exact) mass is 671 g/mol. The maximum absolute atomic E-state index is 11.3. The SMILES string of the molecule is Cc1nn(C)c(C)c1-c1cnn2ccc(-c3cc(C(=O)O)co3)cc12.Cc1nn(C)c(C)c1-c1cnn2ccc(-c3cc(C(N)=O)co3)cc12. The molecular weight excluding hydrogens is 638 g/mol. The zero-order chi connectivity index (χ0) is 35.4. The number of pyridine rings is 2. The molecule has 0 unspecified atom stereocenters. The van der Waals surface area contributed by atoms with E-state index in [9.17, 15) is 9.59 Å². The number of hydrogen-bond donors (Lipinski definition) is 2. The molecule has 0 aliphatic heterocycles. The highest BCUT2D eigenvalue weighted by Crippen LogP contribution is 2.34. The summed E-state index contributed by atoms with van der Waals surface area (Å²) in [6, 6.07) is 10.8. The normalized spacial score (nSPS) is 11.3. The molecule has 0 aliphatic rings. The predicted molar refractivity (Wildman–Crippen MR) is 185 cm³/mol. The predicted octanol–water partition coefficient (Wildman–Crippen LogP) is 6.02. The number of primary amides is 1. The van der Waals surface area contributed by atoms with Gasteiger partial charge in [-0.15, -0.1) is 0 Å². The van der Waals surface area contributed by atoms with Crippen LogP contribution < -0.4 is 5.73 Å². The van der Waals surface area contributed by atoms with E-state index in [1.165, 1.54) is 18.6 Å². The van der Waals surface area contributed by atoms with Crippen LogP contribution in [0, 0.1) is 27.7 Å². The molecule has 1 amide bonds. The van der Waals surface area contributed by atoms with Crippen LogP contribution in [0.15, 0.2) is 82.5 Å². The summed E-state index contributed by atoms with van der Waals surface area (Å²) >= 11 is 0. The summed E-state index contributed by atoms with van der Waals surface area (Å²) in [6.07, 6.45) is 9.97. The van der Waals surface area contributed by atoms with Gasteiger partial charge in [0, 0.05) is 71.3 Å². The van der Waals surface area contributed by atoms with Crippen LogP contribution in [-0.4, -0.2) is 55.8 Å². The van der Waals surface area contributed by atoms with Crippen molar-refractivity contribution in [1.82, 2.24) is 38.8 Å². The number of aryl methyl sites for hydroxylation is 4. The summed E-state index contributed by atoms with van der Waals surface area (Å²) in [5.74, 6) is -0.430. The molecule has 0 saturated heterocycles. The lowest BCUT2D eigenvalue weighted by molar-refractivity contribution is 0.0695. The number of carboxylic acid groups (broad SMARTS) is 1. The Bertz CT molecular complexity index is 2410. The van der Waals surface area contributed by atoms with Crippen molar-refractivity contribution in [3.8, 4) is 44.9 Å². The molecule has 50 heavy (non-hydrogen) atoms. The number of rotatable bonds is 6. The van der Waals surface area contributed by atoms with Gasteiger partial charge < -0.3 is 19.7 Å². The fraction of sp³-hybridized carbons (Fsp3) is 0.167. The molecule has 8 rings (SSSR count). The Kier molecular flexibility index (Phi) is 7.70. The van der Waals surface area contributed by atoms with E-state index in [1.54, 1.807) is 10.6 Å². The van der Waals surface area contributed by atoms with Crippen molar-refractivity contribution in [3.63, 3.8) is 0 Å². The Labute approximate surface area is 285 Å². The van der Waals surface area contributed by atoms with E-state index in [2.05, 4.69) is 20.4 Å². The van der Waals surface area contributed by atoms with Gasteiger partial charge in [0.05, 0.1) is 45.9 Å². The molecular formula is C36H33N9O5. The molecule has 8 heterocycles. The zero-order valence-corrected chi connectivity index (χ0v) is 28.2. The molecule has 0 spiro atoms. The van der Waals surface area contributed by atoms with E-state index in [-0.39, 0.29) is 5.56 Å². The number of amides is 1.